The van der Waals surface area contributed by atoms with Crippen molar-refractivity contribution in [1.29, 1.82) is 0 Å². The van der Waals surface area contributed by atoms with Crippen LogP contribution in [-0.4, -0.2) is 64.0 Å². The van der Waals surface area contributed by atoms with Crippen LogP contribution < -0.4 is 14.8 Å². The smallest absolute Gasteiger partial charge is 0.355 e. The highest BCUT2D eigenvalue weighted by Crippen LogP contribution is 2.37. The first-order valence-electron chi connectivity index (χ1n) is 10.7. The van der Waals surface area contributed by atoms with Crippen LogP contribution in [0, 0.1) is 0 Å². The lowest BCUT2D eigenvalue weighted by Gasteiger charge is -2.49. The Morgan fingerprint density at radius 2 is 1.86 bits per heavy atom. The van der Waals surface area contributed by atoms with E-state index in [0.29, 0.717) is 17.1 Å². The van der Waals surface area contributed by atoms with E-state index in [1.165, 1.54) is 0 Å². The molecule has 184 valence electrons. The minimum Gasteiger partial charge on any atom is -0.614 e. The first-order chi connectivity index (χ1) is 16.9. The molecule has 3 atom stereocenters. The molecule has 2 aliphatic heterocycles. The van der Waals surface area contributed by atoms with Crippen LogP contribution in [0.25, 0.3) is 0 Å². The van der Waals surface area contributed by atoms with Crippen LogP contribution in [0.5, 0.6) is 11.5 Å². The van der Waals surface area contributed by atoms with E-state index >= 15 is 0 Å². The van der Waals surface area contributed by atoms with Gasteiger partial charge in [0.2, 0.25) is 5.37 Å². The van der Waals surface area contributed by atoms with Crippen molar-refractivity contribution in [2.75, 3.05) is 25.3 Å². The maximum Gasteiger partial charge on any atom is 0.355 e. The minimum absolute atomic E-state index is 0.00218. The number of β-lactam (4-membered cyclic amide) rings is 1. The molecule has 2 aliphatic rings. The SMILES string of the molecule is COc1ccc(COC(=O)C2=C(CCl)C[S+]([O-])[C@@H]3[C@H](NC(=O)COc4ccccc4)C(=O)N23)cc1. The van der Waals surface area contributed by atoms with Crippen molar-refractivity contribution < 1.29 is 33.1 Å². The van der Waals surface area contributed by atoms with Gasteiger partial charge in [-0.2, -0.15) is 0 Å². The van der Waals surface area contributed by atoms with Crippen LogP contribution in [-0.2, 0) is 36.9 Å². The molecule has 1 fully saturated rings. The van der Waals surface area contributed by atoms with E-state index in [1.807, 2.05) is 6.07 Å². The summed E-state index contributed by atoms with van der Waals surface area (Å²) >= 11 is 4.44. The molecule has 1 unspecified atom stereocenters. The number of ether oxygens (including phenoxy) is 3. The van der Waals surface area contributed by atoms with Gasteiger partial charge in [0.1, 0.15) is 29.6 Å². The molecule has 2 aromatic carbocycles. The van der Waals surface area contributed by atoms with E-state index in [-0.39, 0.29) is 30.5 Å². The molecule has 9 nitrogen and oxygen atoms in total. The summed E-state index contributed by atoms with van der Waals surface area (Å²) in [6.45, 7) is -0.346. The van der Waals surface area contributed by atoms with Crippen molar-refractivity contribution in [2.24, 2.45) is 0 Å². The fourth-order valence-electron chi connectivity index (χ4n) is 3.76. The van der Waals surface area contributed by atoms with Gasteiger partial charge >= 0.3 is 5.97 Å². The molecule has 0 spiro atoms. The summed E-state index contributed by atoms with van der Waals surface area (Å²) < 4.78 is 28.7. The average molecular weight is 519 g/mol. The summed E-state index contributed by atoms with van der Waals surface area (Å²) in [5.41, 5.74) is 1.06. The molecular formula is C24H23ClN2O7S. The van der Waals surface area contributed by atoms with Crippen molar-refractivity contribution in [3.8, 4) is 11.5 Å². The minimum atomic E-state index is -1.56. The number of hydrogen-bond acceptors (Lipinski definition) is 7. The number of hydrogen-bond donors (Lipinski definition) is 1. The van der Waals surface area contributed by atoms with Crippen molar-refractivity contribution in [3.63, 3.8) is 0 Å². The number of halogens is 1. The van der Waals surface area contributed by atoms with E-state index < -0.39 is 40.4 Å². The van der Waals surface area contributed by atoms with Gasteiger partial charge in [-0.3, -0.25) is 14.5 Å². The number of fused-ring (bicyclic) bond motifs is 1. The van der Waals surface area contributed by atoms with Crippen LogP contribution in [0.15, 0.2) is 65.9 Å². The topological polar surface area (TPSA) is 117 Å². The monoisotopic (exact) mass is 518 g/mol. The van der Waals surface area contributed by atoms with Crippen LogP contribution in [0.1, 0.15) is 5.56 Å². The zero-order chi connectivity index (χ0) is 24.9. The number of carbonyl (C=O) groups excluding carboxylic acids is 3. The molecule has 11 heteroatoms. The fourth-order valence-corrected chi connectivity index (χ4v) is 5.78. The zero-order valence-electron chi connectivity index (χ0n) is 18.8. The predicted molar refractivity (Wildman–Crippen MR) is 128 cm³/mol. The molecule has 4 rings (SSSR count). The number of rotatable bonds is 9. The zero-order valence-corrected chi connectivity index (χ0v) is 20.3. The Labute approximate surface area is 210 Å². The molecule has 2 heterocycles. The van der Waals surface area contributed by atoms with Gasteiger partial charge in [0.25, 0.3) is 11.8 Å². The van der Waals surface area contributed by atoms with Gasteiger partial charge in [-0.15, -0.1) is 11.6 Å². The number of para-hydroxylation sites is 1. The van der Waals surface area contributed by atoms with Crippen molar-refractivity contribution in [2.45, 2.75) is 18.0 Å². The lowest BCUT2D eigenvalue weighted by Crippen LogP contribution is -2.75. The van der Waals surface area contributed by atoms with Crippen LogP contribution in [0.2, 0.25) is 0 Å². The lowest BCUT2D eigenvalue weighted by atomic mass is 10.0. The van der Waals surface area contributed by atoms with Crippen molar-refractivity contribution in [3.05, 3.63) is 71.4 Å². The van der Waals surface area contributed by atoms with Crippen LogP contribution in [0.3, 0.4) is 0 Å². The highest BCUT2D eigenvalue weighted by atomic mass is 35.5. The van der Waals surface area contributed by atoms with Gasteiger partial charge in [0, 0.05) is 5.57 Å². The molecule has 0 saturated carbocycles. The van der Waals surface area contributed by atoms with Gasteiger partial charge < -0.3 is 24.1 Å². The molecule has 2 amide bonds. The van der Waals surface area contributed by atoms with Gasteiger partial charge in [-0.25, -0.2) is 4.79 Å². The highest BCUT2D eigenvalue weighted by molar-refractivity contribution is 7.92. The quantitative estimate of drug-likeness (QED) is 0.232. The first-order valence-corrected chi connectivity index (χ1v) is 12.6. The second-order valence-corrected chi connectivity index (χ2v) is 9.58. The number of methoxy groups -OCH3 is 1. The highest BCUT2D eigenvalue weighted by Gasteiger charge is 2.61. The van der Waals surface area contributed by atoms with Crippen molar-refractivity contribution in [1.82, 2.24) is 10.2 Å². The number of esters is 1. The Morgan fingerprint density at radius 3 is 2.51 bits per heavy atom. The summed E-state index contributed by atoms with van der Waals surface area (Å²) in [6, 6.07) is 14.7. The molecule has 1 N–H and O–H groups in total. The molecule has 1 saturated heterocycles. The average Bonchev–Trinajstić information content (AvgIpc) is 2.89. The van der Waals surface area contributed by atoms with Gasteiger partial charge in [-0.1, -0.05) is 30.3 Å². The number of nitrogens with zero attached hydrogens (tertiary/aromatic N) is 1. The second-order valence-electron chi connectivity index (χ2n) is 7.78. The summed E-state index contributed by atoms with van der Waals surface area (Å²) in [7, 11) is 1.55. The van der Waals surface area contributed by atoms with E-state index in [9.17, 15) is 18.9 Å². The number of nitrogens with one attached hydrogen (secondary N) is 1. The maximum absolute atomic E-state index is 12.9. The second kappa shape index (κ2) is 11.0. The number of carbonyl (C=O) groups is 3. The summed E-state index contributed by atoms with van der Waals surface area (Å²) in [4.78, 5) is 39.3. The molecule has 0 aliphatic carbocycles. The normalized spacial score (nSPS) is 21.1. The largest absolute Gasteiger partial charge is 0.614 e. The number of alkyl halides is 1. The predicted octanol–water partition coefficient (Wildman–Crippen LogP) is 1.73. The Bertz CT molecular complexity index is 1130. The summed E-state index contributed by atoms with van der Waals surface area (Å²) in [5, 5.41) is 1.67. The van der Waals surface area contributed by atoms with E-state index in [2.05, 4.69) is 5.32 Å². The van der Waals surface area contributed by atoms with Crippen molar-refractivity contribution >= 4 is 40.6 Å². The molecule has 0 aromatic heterocycles. The molecule has 2 aromatic rings. The van der Waals surface area contributed by atoms with Gasteiger partial charge in [0.05, 0.1) is 13.0 Å². The molecule has 0 radical (unpaired) electrons. The Kier molecular flexibility index (Phi) is 7.84. The Hall–Kier alpha value is -3.21. The Morgan fingerprint density at radius 1 is 1.14 bits per heavy atom. The van der Waals surface area contributed by atoms with Crippen LogP contribution >= 0.6 is 11.6 Å². The molecule has 35 heavy (non-hydrogen) atoms. The third-order valence-corrected chi connectivity index (χ3v) is 7.50. The number of benzene rings is 2. The molecule has 0 bridgehead atoms. The van der Waals surface area contributed by atoms with Gasteiger partial charge in [-0.05, 0) is 41.0 Å². The standard InChI is InChI=1S/C24H23ClN2O7S/c1-32-17-9-7-15(8-10-17)12-34-24(30)21-16(11-25)14-35(31)23-20(22(29)27(21)23)26-19(28)13-33-18-5-3-2-4-6-18/h2-10,20,23H,11-14H2,1H3,(H,26,28)/t20-,23-,35?/m1/s1. The third-order valence-electron chi connectivity index (χ3n) is 5.52. The fraction of sp³-hybridized carbons (Fsp3) is 0.292. The lowest BCUT2D eigenvalue weighted by molar-refractivity contribution is -0.154. The number of amides is 2. The maximum atomic E-state index is 12.9. The van der Waals surface area contributed by atoms with Gasteiger partial charge in [0.15, 0.2) is 12.6 Å². The third kappa shape index (κ3) is 5.39. The molecular weight excluding hydrogens is 496 g/mol. The summed E-state index contributed by atoms with van der Waals surface area (Å²) in [5.74, 6) is -0.770. The first kappa shape index (κ1) is 24.9. The van der Waals surface area contributed by atoms with E-state index in [4.69, 9.17) is 25.8 Å². The Balaban J connectivity index is 1.41. The van der Waals surface area contributed by atoms with E-state index in [1.54, 1.807) is 55.6 Å². The van der Waals surface area contributed by atoms with Crippen LogP contribution in [0.4, 0.5) is 0 Å². The van der Waals surface area contributed by atoms with E-state index in [0.717, 1.165) is 10.5 Å². The summed E-state index contributed by atoms with van der Waals surface area (Å²) in [6.07, 6.45) is 0.